The molecule has 10 aromatic rings. The fraction of sp³-hybridized carbons (Fsp3) is 0. The van der Waals surface area contributed by atoms with Crippen molar-refractivity contribution in [1.29, 1.82) is 0 Å². The first kappa shape index (κ1) is 30.2. The van der Waals surface area contributed by atoms with Crippen molar-refractivity contribution in [2.24, 2.45) is 0 Å². The Labute approximate surface area is 305 Å². The Morgan fingerprint density at radius 3 is 1.71 bits per heavy atom. The molecule has 0 atom stereocenters. The number of pyridine rings is 1. The monoisotopic (exact) mass is 681 g/mol. The predicted molar refractivity (Wildman–Crippen MR) is 219 cm³/mol. The highest BCUT2D eigenvalue weighted by Gasteiger charge is 2.23. The number of thiophene rings is 1. The molecule has 0 aliphatic heterocycles. The molecule has 0 saturated heterocycles. The molecule has 3 nitrogen and oxygen atoms in total. The van der Waals surface area contributed by atoms with E-state index in [1.165, 1.54) is 31.7 Å². The van der Waals surface area contributed by atoms with E-state index in [1.54, 1.807) is 0 Å². The number of hydrogen-bond donors (Lipinski definition) is 0. The summed E-state index contributed by atoms with van der Waals surface area (Å²) < 4.78 is 3.50. The van der Waals surface area contributed by atoms with Gasteiger partial charge in [0, 0.05) is 42.7 Å². The van der Waals surface area contributed by atoms with Gasteiger partial charge in [-0.15, -0.1) is 11.3 Å². The minimum Gasteiger partial charge on any atom is -0.292 e. The summed E-state index contributed by atoms with van der Waals surface area (Å²) in [7, 11) is 0. The molecule has 0 fully saturated rings. The minimum atomic E-state index is 0.926. The van der Waals surface area contributed by atoms with Gasteiger partial charge in [-0.3, -0.25) is 4.57 Å². The van der Waals surface area contributed by atoms with Crippen molar-refractivity contribution in [3.05, 3.63) is 188 Å². The molecule has 0 saturated carbocycles. The summed E-state index contributed by atoms with van der Waals surface area (Å²) in [5.41, 5.74) is 13.2. The first-order valence-electron chi connectivity index (χ1n) is 17.5. The molecule has 0 unspecified atom stereocenters. The summed E-state index contributed by atoms with van der Waals surface area (Å²) >= 11 is 1.86. The molecule has 0 N–H and O–H groups in total. The van der Waals surface area contributed by atoms with E-state index in [1.807, 2.05) is 23.5 Å². The van der Waals surface area contributed by atoms with Crippen LogP contribution in [0.1, 0.15) is 0 Å². The average Bonchev–Trinajstić information content (AvgIpc) is 3.82. The van der Waals surface area contributed by atoms with Gasteiger partial charge >= 0.3 is 0 Å². The summed E-state index contributed by atoms with van der Waals surface area (Å²) in [6.07, 6.45) is 0. The molecular weight excluding hydrogens is 651 g/mol. The Morgan fingerprint density at radius 1 is 0.423 bits per heavy atom. The SMILES string of the molecule is c1ccc(-c2sc3c(c(-c4ccccc4)nc4cc(-c5ccc(-c6nc7ccccc7n6-c6ccccc6)cc5)ccc43)c2-c2ccccc2)cc1. The number of para-hydroxylation sites is 3. The van der Waals surface area contributed by atoms with E-state index in [0.29, 0.717) is 0 Å². The fourth-order valence-corrected chi connectivity index (χ4v) is 8.73. The van der Waals surface area contributed by atoms with E-state index in [0.717, 1.165) is 61.4 Å². The lowest BCUT2D eigenvalue weighted by Gasteiger charge is -2.12. The normalized spacial score (nSPS) is 11.5. The topological polar surface area (TPSA) is 30.7 Å². The Morgan fingerprint density at radius 2 is 1.00 bits per heavy atom. The van der Waals surface area contributed by atoms with Crippen LogP contribution < -0.4 is 0 Å². The summed E-state index contributed by atoms with van der Waals surface area (Å²) in [5.74, 6) is 0.926. The number of imidazole rings is 1. The maximum atomic E-state index is 5.48. The van der Waals surface area contributed by atoms with Gasteiger partial charge in [0.25, 0.3) is 0 Å². The third-order valence-corrected chi connectivity index (χ3v) is 11.1. The van der Waals surface area contributed by atoms with Crippen molar-refractivity contribution >= 4 is 43.4 Å². The van der Waals surface area contributed by atoms with Gasteiger partial charge in [0.05, 0.1) is 22.2 Å². The Balaban J connectivity index is 1.14. The molecule has 0 amide bonds. The highest BCUT2D eigenvalue weighted by atomic mass is 32.1. The largest absolute Gasteiger partial charge is 0.292 e. The number of rotatable bonds is 6. The van der Waals surface area contributed by atoms with Crippen LogP contribution in [0, 0.1) is 0 Å². The van der Waals surface area contributed by atoms with Crippen molar-refractivity contribution in [1.82, 2.24) is 14.5 Å². The van der Waals surface area contributed by atoms with Gasteiger partial charge in [-0.2, -0.15) is 0 Å². The Bertz CT molecular complexity index is 2860. The van der Waals surface area contributed by atoms with Crippen LogP contribution in [0.3, 0.4) is 0 Å². The highest BCUT2D eigenvalue weighted by Crippen LogP contribution is 2.50. The van der Waals surface area contributed by atoms with Crippen molar-refractivity contribution in [2.45, 2.75) is 0 Å². The van der Waals surface area contributed by atoms with Crippen LogP contribution in [0.2, 0.25) is 0 Å². The average molecular weight is 682 g/mol. The van der Waals surface area contributed by atoms with E-state index in [4.69, 9.17) is 9.97 Å². The zero-order chi connectivity index (χ0) is 34.4. The number of aromatic nitrogens is 3. The molecule has 244 valence electrons. The molecule has 10 rings (SSSR count). The highest BCUT2D eigenvalue weighted by molar-refractivity contribution is 7.24. The first-order valence-corrected chi connectivity index (χ1v) is 18.3. The standard InChI is InChI=1S/C48H31N3S/c1-5-15-33(16-6-1)43-44-45(34-17-7-2-8-18-34)49-41-31-37(29-30-39(41)47(44)52-46(43)35-19-9-3-10-20-35)32-25-27-36(28-26-32)48-50-40-23-13-14-24-42(40)51(48)38-21-11-4-12-22-38/h1-31H. The molecule has 0 radical (unpaired) electrons. The lowest BCUT2D eigenvalue weighted by atomic mass is 9.94. The zero-order valence-corrected chi connectivity index (χ0v) is 29.0. The van der Waals surface area contributed by atoms with E-state index < -0.39 is 0 Å². The second-order valence-electron chi connectivity index (χ2n) is 13.0. The van der Waals surface area contributed by atoms with E-state index in [9.17, 15) is 0 Å². The fourth-order valence-electron chi connectivity index (χ4n) is 7.37. The summed E-state index contributed by atoms with van der Waals surface area (Å²) in [5, 5.41) is 2.36. The second kappa shape index (κ2) is 12.6. The maximum Gasteiger partial charge on any atom is 0.145 e. The quantitative estimate of drug-likeness (QED) is 0.175. The molecule has 4 heteroatoms. The van der Waals surface area contributed by atoms with Gasteiger partial charge < -0.3 is 0 Å². The smallest absolute Gasteiger partial charge is 0.145 e. The molecule has 0 aliphatic rings. The summed E-state index contributed by atoms with van der Waals surface area (Å²) in [4.78, 5) is 11.8. The molecule has 52 heavy (non-hydrogen) atoms. The second-order valence-corrected chi connectivity index (χ2v) is 14.0. The van der Waals surface area contributed by atoms with E-state index in [-0.39, 0.29) is 0 Å². The number of fused-ring (bicyclic) bond motifs is 4. The van der Waals surface area contributed by atoms with Gasteiger partial charge in [-0.05, 0) is 52.6 Å². The predicted octanol–water partition coefficient (Wildman–Crippen LogP) is 13.1. The molecular formula is C48H31N3S. The van der Waals surface area contributed by atoms with Gasteiger partial charge in [-0.25, -0.2) is 9.97 Å². The summed E-state index contributed by atoms with van der Waals surface area (Å²) in [6.45, 7) is 0. The number of benzene rings is 7. The van der Waals surface area contributed by atoms with Crippen molar-refractivity contribution in [2.75, 3.05) is 0 Å². The van der Waals surface area contributed by atoms with Crippen LogP contribution >= 0.6 is 11.3 Å². The Hall–Kier alpha value is -6.62. The van der Waals surface area contributed by atoms with Gasteiger partial charge in [-0.1, -0.05) is 158 Å². The molecule has 3 heterocycles. The number of nitrogens with zero attached hydrogens (tertiary/aromatic N) is 3. The van der Waals surface area contributed by atoms with Crippen molar-refractivity contribution in [3.63, 3.8) is 0 Å². The maximum absolute atomic E-state index is 5.48. The van der Waals surface area contributed by atoms with Crippen LogP contribution in [-0.4, -0.2) is 14.5 Å². The van der Waals surface area contributed by atoms with Crippen molar-refractivity contribution < 1.29 is 0 Å². The molecule has 7 aromatic carbocycles. The van der Waals surface area contributed by atoms with Crippen LogP contribution in [0.4, 0.5) is 0 Å². The van der Waals surface area contributed by atoms with E-state index in [2.05, 4.69) is 180 Å². The zero-order valence-electron chi connectivity index (χ0n) is 28.1. The van der Waals surface area contributed by atoms with E-state index >= 15 is 0 Å². The van der Waals surface area contributed by atoms with Crippen LogP contribution in [0.5, 0.6) is 0 Å². The van der Waals surface area contributed by atoms with Crippen LogP contribution in [-0.2, 0) is 0 Å². The van der Waals surface area contributed by atoms with Crippen molar-refractivity contribution in [3.8, 4) is 61.0 Å². The number of hydrogen-bond acceptors (Lipinski definition) is 3. The Kier molecular flexibility index (Phi) is 7.33. The molecule has 0 spiro atoms. The lowest BCUT2D eigenvalue weighted by Crippen LogP contribution is -1.97. The lowest BCUT2D eigenvalue weighted by molar-refractivity contribution is 1.10. The molecule has 0 bridgehead atoms. The van der Waals surface area contributed by atoms with Gasteiger partial charge in [0.1, 0.15) is 5.82 Å². The summed E-state index contributed by atoms with van der Waals surface area (Å²) in [6, 6.07) is 66.5. The molecule has 0 aliphatic carbocycles. The molecule has 3 aromatic heterocycles. The van der Waals surface area contributed by atoms with Crippen LogP contribution in [0.15, 0.2) is 188 Å². The third-order valence-electron chi connectivity index (χ3n) is 9.82. The first-order chi connectivity index (χ1) is 25.8. The van der Waals surface area contributed by atoms with Crippen LogP contribution in [0.25, 0.3) is 93.0 Å². The third kappa shape index (κ3) is 5.12. The van der Waals surface area contributed by atoms with Gasteiger partial charge in [0.2, 0.25) is 0 Å². The van der Waals surface area contributed by atoms with Gasteiger partial charge in [0.15, 0.2) is 0 Å². The minimum absolute atomic E-state index is 0.926.